The molecule has 0 spiro atoms. The monoisotopic (exact) mass is 187 g/mol. The van der Waals surface area contributed by atoms with Crippen LogP contribution in [0.15, 0.2) is 46.9 Å². The Morgan fingerprint density at radius 2 is 1.79 bits per heavy atom. The number of hydrogen-bond acceptors (Lipinski definition) is 2. The van der Waals surface area contributed by atoms with Crippen molar-refractivity contribution in [2.75, 3.05) is 6.54 Å². The molecule has 0 atom stereocenters. The van der Waals surface area contributed by atoms with Gasteiger partial charge in [-0.2, -0.15) is 0 Å². The van der Waals surface area contributed by atoms with Crippen molar-refractivity contribution in [2.45, 2.75) is 6.42 Å². The first kappa shape index (κ1) is 9.03. The molecule has 14 heavy (non-hydrogen) atoms. The number of nitrogens with two attached hydrogens (primary N) is 1. The standard InChI is InChI=1S/C12H13NO/c13-9-8-11-6-7-12(14-11)10-4-2-1-3-5-10/h1-7H,8-9,13H2. The van der Waals surface area contributed by atoms with Crippen LogP contribution in [0.1, 0.15) is 5.76 Å². The van der Waals surface area contributed by atoms with Gasteiger partial charge in [0.25, 0.3) is 0 Å². The van der Waals surface area contributed by atoms with Gasteiger partial charge in [-0.1, -0.05) is 30.3 Å². The lowest BCUT2D eigenvalue weighted by molar-refractivity contribution is 0.524. The van der Waals surface area contributed by atoms with Gasteiger partial charge in [0.05, 0.1) is 0 Å². The van der Waals surface area contributed by atoms with E-state index in [1.165, 1.54) is 0 Å². The molecule has 1 aromatic carbocycles. The van der Waals surface area contributed by atoms with Crippen molar-refractivity contribution in [3.63, 3.8) is 0 Å². The van der Waals surface area contributed by atoms with Crippen molar-refractivity contribution in [3.05, 3.63) is 48.2 Å². The fourth-order valence-electron chi connectivity index (χ4n) is 1.41. The van der Waals surface area contributed by atoms with E-state index in [2.05, 4.69) is 0 Å². The molecule has 2 N–H and O–H groups in total. The van der Waals surface area contributed by atoms with Gasteiger partial charge in [-0.25, -0.2) is 0 Å². The molecule has 0 saturated carbocycles. The highest BCUT2D eigenvalue weighted by Crippen LogP contribution is 2.21. The minimum atomic E-state index is 0.627. The molecule has 1 heterocycles. The highest BCUT2D eigenvalue weighted by atomic mass is 16.3. The van der Waals surface area contributed by atoms with E-state index in [4.69, 9.17) is 10.2 Å². The van der Waals surface area contributed by atoms with E-state index in [1.54, 1.807) is 0 Å². The van der Waals surface area contributed by atoms with E-state index in [-0.39, 0.29) is 0 Å². The molecule has 0 fully saturated rings. The van der Waals surface area contributed by atoms with Gasteiger partial charge in [-0.15, -0.1) is 0 Å². The summed E-state index contributed by atoms with van der Waals surface area (Å²) < 4.78 is 5.63. The van der Waals surface area contributed by atoms with E-state index in [9.17, 15) is 0 Å². The second-order valence-electron chi connectivity index (χ2n) is 3.17. The molecule has 1 aromatic heterocycles. The first-order chi connectivity index (χ1) is 6.90. The highest BCUT2D eigenvalue weighted by Gasteiger charge is 2.02. The maximum Gasteiger partial charge on any atom is 0.134 e. The minimum absolute atomic E-state index is 0.627. The Morgan fingerprint density at radius 1 is 1.00 bits per heavy atom. The zero-order chi connectivity index (χ0) is 9.80. The van der Waals surface area contributed by atoms with Crippen LogP contribution < -0.4 is 5.73 Å². The molecule has 72 valence electrons. The minimum Gasteiger partial charge on any atom is -0.461 e. The van der Waals surface area contributed by atoms with Gasteiger partial charge in [0.15, 0.2) is 0 Å². The lowest BCUT2D eigenvalue weighted by Crippen LogP contribution is -2.01. The number of furan rings is 1. The molecule has 0 aliphatic heterocycles. The van der Waals surface area contributed by atoms with Crippen LogP contribution in [-0.4, -0.2) is 6.54 Å². The van der Waals surface area contributed by atoms with Crippen LogP contribution in [0, 0.1) is 0 Å². The van der Waals surface area contributed by atoms with Crippen molar-refractivity contribution in [1.29, 1.82) is 0 Å². The molecule has 0 radical (unpaired) electrons. The maximum absolute atomic E-state index is 5.63. The molecule has 2 aromatic rings. The van der Waals surface area contributed by atoms with Crippen molar-refractivity contribution in [2.24, 2.45) is 5.73 Å². The second-order valence-corrected chi connectivity index (χ2v) is 3.17. The summed E-state index contributed by atoms with van der Waals surface area (Å²) in [5.41, 5.74) is 6.56. The maximum atomic E-state index is 5.63. The smallest absolute Gasteiger partial charge is 0.134 e. The SMILES string of the molecule is NCCc1ccc(-c2ccccc2)o1. The van der Waals surface area contributed by atoms with Gasteiger partial charge in [0, 0.05) is 12.0 Å². The number of hydrogen-bond donors (Lipinski definition) is 1. The van der Waals surface area contributed by atoms with Crippen LogP contribution in [0.3, 0.4) is 0 Å². The third kappa shape index (κ3) is 1.86. The molecule has 0 aliphatic rings. The van der Waals surface area contributed by atoms with Gasteiger partial charge in [0.2, 0.25) is 0 Å². The third-order valence-electron chi connectivity index (χ3n) is 2.11. The first-order valence-electron chi connectivity index (χ1n) is 4.74. The predicted octanol–water partition coefficient (Wildman–Crippen LogP) is 2.45. The Balaban J connectivity index is 2.25. The fraction of sp³-hybridized carbons (Fsp3) is 0.167. The van der Waals surface area contributed by atoms with E-state index in [0.29, 0.717) is 6.54 Å². The Kier molecular flexibility index (Phi) is 2.65. The molecule has 0 saturated heterocycles. The largest absolute Gasteiger partial charge is 0.461 e. The van der Waals surface area contributed by atoms with Crippen LogP contribution in [0.4, 0.5) is 0 Å². The van der Waals surface area contributed by atoms with Crippen LogP contribution in [0.2, 0.25) is 0 Å². The van der Waals surface area contributed by atoms with Crippen LogP contribution in [0.25, 0.3) is 11.3 Å². The zero-order valence-corrected chi connectivity index (χ0v) is 7.94. The molecule has 2 rings (SSSR count). The molecule has 0 unspecified atom stereocenters. The van der Waals surface area contributed by atoms with Crippen molar-refractivity contribution < 1.29 is 4.42 Å². The summed E-state index contributed by atoms with van der Waals surface area (Å²) in [7, 11) is 0. The van der Waals surface area contributed by atoms with E-state index in [1.807, 2.05) is 42.5 Å². The van der Waals surface area contributed by atoms with E-state index >= 15 is 0 Å². The lowest BCUT2D eigenvalue weighted by Gasteiger charge is -1.95. The van der Waals surface area contributed by atoms with Gasteiger partial charge in [-0.05, 0) is 18.7 Å². The molecular weight excluding hydrogens is 174 g/mol. The van der Waals surface area contributed by atoms with Crippen LogP contribution >= 0.6 is 0 Å². The number of benzene rings is 1. The average molecular weight is 187 g/mol. The summed E-state index contributed by atoms with van der Waals surface area (Å²) in [6, 6.07) is 14.0. The van der Waals surface area contributed by atoms with Crippen molar-refractivity contribution in [1.82, 2.24) is 0 Å². The Labute approximate surface area is 83.4 Å². The van der Waals surface area contributed by atoms with Crippen molar-refractivity contribution in [3.8, 4) is 11.3 Å². The molecule has 2 nitrogen and oxygen atoms in total. The summed E-state index contributed by atoms with van der Waals surface area (Å²) in [6.45, 7) is 0.627. The summed E-state index contributed by atoms with van der Waals surface area (Å²) >= 11 is 0. The molecular formula is C12H13NO. The fourth-order valence-corrected chi connectivity index (χ4v) is 1.41. The lowest BCUT2D eigenvalue weighted by atomic mass is 10.2. The third-order valence-corrected chi connectivity index (χ3v) is 2.11. The van der Waals surface area contributed by atoms with Gasteiger partial charge in [0.1, 0.15) is 11.5 Å². The van der Waals surface area contributed by atoms with Crippen LogP contribution in [0.5, 0.6) is 0 Å². The average Bonchev–Trinajstić information content (AvgIpc) is 2.68. The van der Waals surface area contributed by atoms with E-state index in [0.717, 1.165) is 23.5 Å². The Bertz CT molecular complexity index is 392. The quantitative estimate of drug-likeness (QED) is 0.801. The predicted molar refractivity (Wildman–Crippen MR) is 56.9 cm³/mol. The van der Waals surface area contributed by atoms with Gasteiger partial charge in [-0.3, -0.25) is 0 Å². The van der Waals surface area contributed by atoms with Gasteiger partial charge >= 0.3 is 0 Å². The Hall–Kier alpha value is -1.54. The summed E-state index contributed by atoms with van der Waals surface area (Å²) in [4.78, 5) is 0. The summed E-state index contributed by atoms with van der Waals surface area (Å²) in [5, 5.41) is 0. The summed E-state index contributed by atoms with van der Waals surface area (Å²) in [6.07, 6.45) is 0.798. The Morgan fingerprint density at radius 3 is 2.50 bits per heavy atom. The van der Waals surface area contributed by atoms with Gasteiger partial charge < -0.3 is 10.2 Å². The highest BCUT2D eigenvalue weighted by molar-refractivity contribution is 5.57. The topological polar surface area (TPSA) is 39.2 Å². The molecule has 0 amide bonds. The van der Waals surface area contributed by atoms with E-state index < -0.39 is 0 Å². The van der Waals surface area contributed by atoms with Crippen molar-refractivity contribution >= 4 is 0 Å². The zero-order valence-electron chi connectivity index (χ0n) is 7.94. The van der Waals surface area contributed by atoms with Crippen LogP contribution in [-0.2, 0) is 6.42 Å². The second kappa shape index (κ2) is 4.11. The normalized spacial score (nSPS) is 10.4. The number of rotatable bonds is 3. The molecule has 0 bridgehead atoms. The molecule has 0 aliphatic carbocycles. The summed E-state index contributed by atoms with van der Waals surface area (Å²) in [5.74, 6) is 1.86. The molecule has 2 heteroatoms. The first-order valence-corrected chi connectivity index (χ1v) is 4.74.